The molecule has 2 atom stereocenters. The van der Waals surface area contributed by atoms with Gasteiger partial charge in [0.15, 0.2) is 0 Å². The normalized spacial score (nSPS) is 16.8. The fraction of sp³-hybridized carbons (Fsp3) is 0.455. The molecule has 1 aromatic carbocycles. The maximum atomic E-state index is 10.4. The van der Waals surface area contributed by atoms with Gasteiger partial charge in [-0.15, -0.1) is 0 Å². The van der Waals surface area contributed by atoms with Crippen molar-refractivity contribution in [1.82, 2.24) is 0 Å². The predicted octanol–water partition coefficient (Wildman–Crippen LogP) is 0.984. The standard InChI is InChI=1S/C11H15IO4/c12-16-8-11(15,6-10(14)7-13)9-4-2-1-3-5-9/h1-5,10,13-15H,6-8H2. The Morgan fingerprint density at radius 3 is 2.44 bits per heavy atom. The monoisotopic (exact) mass is 338 g/mol. The molecule has 0 saturated carbocycles. The zero-order valence-corrected chi connectivity index (χ0v) is 10.9. The fourth-order valence-electron chi connectivity index (χ4n) is 1.55. The number of hydrogen-bond acceptors (Lipinski definition) is 4. The summed E-state index contributed by atoms with van der Waals surface area (Å²) in [5.41, 5.74) is -0.607. The summed E-state index contributed by atoms with van der Waals surface area (Å²) < 4.78 is 4.93. The predicted molar refractivity (Wildman–Crippen MR) is 68.0 cm³/mol. The molecule has 0 amide bonds. The first-order valence-corrected chi connectivity index (χ1v) is 5.81. The molecule has 0 fully saturated rings. The average molecular weight is 338 g/mol. The Kier molecular flexibility index (Phi) is 5.63. The number of benzene rings is 1. The van der Waals surface area contributed by atoms with Crippen LogP contribution in [0.1, 0.15) is 12.0 Å². The highest BCUT2D eigenvalue weighted by Gasteiger charge is 2.32. The first-order valence-electron chi connectivity index (χ1n) is 4.93. The van der Waals surface area contributed by atoms with Crippen LogP contribution in [0.2, 0.25) is 0 Å². The van der Waals surface area contributed by atoms with Crippen LogP contribution in [0, 0.1) is 0 Å². The fourth-order valence-corrected chi connectivity index (χ4v) is 2.07. The molecule has 90 valence electrons. The summed E-state index contributed by atoms with van der Waals surface area (Å²) in [6.45, 7) is -0.314. The van der Waals surface area contributed by atoms with Crippen LogP contribution in [0.4, 0.5) is 0 Å². The van der Waals surface area contributed by atoms with E-state index in [1.807, 2.05) is 6.07 Å². The molecule has 1 rings (SSSR count). The smallest absolute Gasteiger partial charge is 0.116 e. The first kappa shape index (κ1) is 13.9. The lowest BCUT2D eigenvalue weighted by atomic mass is 9.89. The van der Waals surface area contributed by atoms with E-state index in [4.69, 9.17) is 8.17 Å². The molecular formula is C11H15IO4. The maximum Gasteiger partial charge on any atom is 0.116 e. The molecule has 0 heterocycles. The lowest BCUT2D eigenvalue weighted by Gasteiger charge is -2.29. The van der Waals surface area contributed by atoms with Crippen molar-refractivity contribution >= 4 is 23.0 Å². The van der Waals surface area contributed by atoms with Gasteiger partial charge in [0.05, 0.1) is 19.3 Å². The van der Waals surface area contributed by atoms with Gasteiger partial charge in [0.25, 0.3) is 0 Å². The molecule has 0 aliphatic heterocycles. The van der Waals surface area contributed by atoms with Crippen LogP contribution in [-0.2, 0) is 8.67 Å². The Hall–Kier alpha value is -0.210. The summed E-state index contributed by atoms with van der Waals surface area (Å²) >= 11 is 1.69. The largest absolute Gasteiger partial charge is 0.394 e. The lowest BCUT2D eigenvalue weighted by molar-refractivity contribution is -0.0499. The molecule has 0 spiro atoms. The van der Waals surface area contributed by atoms with Gasteiger partial charge in [0.2, 0.25) is 0 Å². The second kappa shape index (κ2) is 6.51. The summed E-state index contributed by atoms with van der Waals surface area (Å²) in [6, 6.07) is 8.98. The molecule has 0 saturated heterocycles. The molecule has 0 radical (unpaired) electrons. The van der Waals surface area contributed by atoms with Crippen molar-refractivity contribution in [3.63, 3.8) is 0 Å². The van der Waals surface area contributed by atoms with Crippen molar-refractivity contribution in [2.45, 2.75) is 18.1 Å². The van der Waals surface area contributed by atoms with E-state index in [2.05, 4.69) is 0 Å². The Bertz CT molecular complexity index is 306. The van der Waals surface area contributed by atoms with E-state index >= 15 is 0 Å². The number of halogens is 1. The van der Waals surface area contributed by atoms with Gasteiger partial charge < -0.3 is 18.4 Å². The van der Waals surface area contributed by atoms with Gasteiger partial charge in [0, 0.05) is 6.42 Å². The van der Waals surface area contributed by atoms with Crippen LogP contribution in [0.15, 0.2) is 30.3 Å². The van der Waals surface area contributed by atoms with Crippen LogP contribution in [0.3, 0.4) is 0 Å². The highest BCUT2D eigenvalue weighted by Crippen LogP contribution is 2.27. The number of rotatable bonds is 6. The molecule has 0 aliphatic carbocycles. The molecule has 0 aliphatic rings. The van der Waals surface area contributed by atoms with Crippen molar-refractivity contribution in [3.05, 3.63) is 35.9 Å². The number of aliphatic hydroxyl groups is 3. The SMILES string of the molecule is OCC(O)CC(O)(COI)c1ccccc1. The zero-order chi connectivity index (χ0) is 12.0. The molecule has 3 N–H and O–H groups in total. The van der Waals surface area contributed by atoms with Gasteiger partial charge in [0.1, 0.15) is 28.6 Å². The summed E-state index contributed by atoms with van der Waals surface area (Å²) in [5, 5.41) is 28.6. The molecule has 0 aromatic heterocycles. The van der Waals surface area contributed by atoms with Gasteiger partial charge in [-0.05, 0) is 5.56 Å². The third-order valence-corrected chi connectivity index (χ3v) is 2.70. The summed E-state index contributed by atoms with van der Waals surface area (Å²) in [6.07, 6.45) is -0.923. The van der Waals surface area contributed by atoms with Crippen molar-refractivity contribution in [2.24, 2.45) is 0 Å². The molecule has 0 bridgehead atoms. The van der Waals surface area contributed by atoms with E-state index in [0.717, 1.165) is 0 Å². The van der Waals surface area contributed by atoms with Crippen molar-refractivity contribution < 1.29 is 18.4 Å². The van der Waals surface area contributed by atoms with Crippen LogP contribution in [0.5, 0.6) is 0 Å². The Morgan fingerprint density at radius 2 is 1.94 bits per heavy atom. The Balaban J connectivity index is 2.88. The Labute approximate surface area is 109 Å². The van der Waals surface area contributed by atoms with Crippen LogP contribution < -0.4 is 0 Å². The van der Waals surface area contributed by atoms with Gasteiger partial charge in [-0.2, -0.15) is 0 Å². The topological polar surface area (TPSA) is 69.9 Å². The van der Waals surface area contributed by atoms with E-state index < -0.39 is 11.7 Å². The van der Waals surface area contributed by atoms with E-state index in [9.17, 15) is 10.2 Å². The molecule has 4 nitrogen and oxygen atoms in total. The third kappa shape index (κ3) is 3.67. The maximum absolute atomic E-state index is 10.4. The second-order valence-corrected chi connectivity index (χ2v) is 4.31. The first-order chi connectivity index (χ1) is 7.62. The van der Waals surface area contributed by atoms with Gasteiger partial charge in [-0.3, -0.25) is 0 Å². The minimum Gasteiger partial charge on any atom is -0.394 e. The van der Waals surface area contributed by atoms with E-state index in [0.29, 0.717) is 5.56 Å². The van der Waals surface area contributed by atoms with E-state index in [1.165, 1.54) is 0 Å². The number of aliphatic hydroxyl groups excluding tert-OH is 2. The zero-order valence-electron chi connectivity index (χ0n) is 8.71. The van der Waals surface area contributed by atoms with Crippen molar-refractivity contribution in [2.75, 3.05) is 13.2 Å². The van der Waals surface area contributed by atoms with Crippen molar-refractivity contribution in [3.8, 4) is 0 Å². The van der Waals surface area contributed by atoms with Gasteiger partial charge in [-0.1, -0.05) is 30.3 Å². The minimum atomic E-state index is -1.27. The van der Waals surface area contributed by atoms with Crippen molar-refractivity contribution in [1.29, 1.82) is 0 Å². The average Bonchev–Trinajstić information content (AvgIpc) is 2.30. The quantitative estimate of drug-likeness (QED) is 0.677. The molecular weight excluding hydrogens is 323 g/mol. The van der Waals surface area contributed by atoms with Crippen LogP contribution >= 0.6 is 23.0 Å². The van der Waals surface area contributed by atoms with Crippen LogP contribution in [-0.4, -0.2) is 34.6 Å². The Morgan fingerprint density at radius 1 is 1.31 bits per heavy atom. The van der Waals surface area contributed by atoms with E-state index in [-0.39, 0.29) is 19.6 Å². The second-order valence-electron chi connectivity index (χ2n) is 3.69. The van der Waals surface area contributed by atoms with Gasteiger partial charge >= 0.3 is 0 Å². The number of hydrogen-bond donors (Lipinski definition) is 3. The minimum absolute atomic E-state index is 0.0382. The molecule has 1 aromatic rings. The highest BCUT2D eigenvalue weighted by molar-refractivity contribution is 14.1. The highest BCUT2D eigenvalue weighted by atomic mass is 127. The summed E-state index contributed by atoms with van der Waals surface area (Å²) in [7, 11) is 0. The van der Waals surface area contributed by atoms with Crippen LogP contribution in [0.25, 0.3) is 0 Å². The summed E-state index contributed by atoms with van der Waals surface area (Å²) in [5.74, 6) is 0. The lowest BCUT2D eigenvalue weighted by Crippen LogP contribution is -2.36. The molecule has 5 heteroatoms. The van der Waals surface area contributed by atoms with E-state index in [1.54, 1.807) is 47.3 Å². The molecule has 2 unspecified atom stereocenters. The third-order valence-electron chi connectivity index (χ3n) is 2.39. The molecule has 16 heavy (non-hydrogen) atoms. The van der Waals surface area contributed by atoms with Gasteiger partial charge in [-0.25, -0.2) is 0 Å². The summed E-state index contributed by atoms with van der Waals surface area (Å²) in [4.78, 5) is 0.